The van der Waals surface area contributed by atoms with Gasteiger partial charge in [-0.1, -0.05) is 6.42 Å². The first-order valence-corrected chi connectivity index (χ1v) is 10.9. The molecule has 2 aromatic heterocycles. The molecule has 1 amide bonds. The predicted octanol–water partition coefficient (Wildman–Crippen LogP) is 4.49. The summed E-state index contributed by atoms with van der Waals surface area (Å²) in [5.74, 6) is 1.17. The van der Waals surface area contributed by atoms with E-state index >= 15 is 0 Å². The Labute approximate surface area is 189 Å². The van der Waals surface area contributed by atoms with Crippen LogP contribution >= 0.6 is 0 Å². The van der Waals surface area contributed by atoms with E-state index in [0.29, 0.717) is 47.8 Å². The standard InChI is InChI=1S/C23H26F3N5O2/c1-33-10-9-27-20-8-5-15(13-28-20)22(32)29-17-4-2-3-14(11-17)21-30-18-7-6-16(23(24,25)26)12-19(18)31-21/h5-8,12-14,17H,2-4,9-11H2,1H3,(H,27,28)(H,29,32)(H,30,31)/t14-,17+/m0/s1. The maximum Gasteiger partial charge on any atom is 0.416 e. The van der Waals surface area contributed by atoms with Crippen LogP contribution in [0.4, 0.5) is 19.0 Å². The van der Waals surface area contributed by atoms with Crippen LogP contribution in [0.5, 0.6) is 0 Å². The second-order valence-corrected chi connectivity index (χ2v) is 8.24. The van der Waals surface area contributed by atoms with Gasteiger partial charge in [0.1, 0.15) is 11.6 Å². The minimum absolute atomic E-state index is 0.0382. The summed E-state index contributed by atoms with van der Waals surface area (Å²) in [5, 5.41) is 6.16. The first-order chi connectivity index (χ1) is 15.8. The molecule has 176 valence electrons. The molecule has 2 atom stereocenters. The molecule has 0 spiro atoms. The van der Waals surface area contributed by atoms with Crippen molar-refractivity contribution in [3.05, 3.63) is 53.5 Å². The molecule has 1 aliphatic rings. The first-order valence-electron chi connectivity index (χ1n) is 10.9. The van der Waals surface area contributed by atoms with Gasteiger partial charge < -0.3 is 20.4 Å². The van der Waals surface area contributed by atoms with E-state index in [2.05, 4.69) is 25.6 Å². The maximum atomic E-state index is 13.0. The van der Waals surface area contributed by atoms with E-state index in [1.165, 1.54) is 12.3 Å². The van der Waals surface area contributed by atoms with Crippen LogP contribution in [0.15, 0.2) is 36.5 Å². The van der Waals surface area contributed by atoms with Crippen LogP contribution in [0.2, 0.25) is 0 Å². The molecule has 1 aromatic carbocycles. The zero-order valence-corrected chi connectivity index (χ0v) is 18.2. The van der Waals surface area contributed by atoms with Crippen molar-refractivity contribution in [2.75, 3.05) is 25.6 Å². The fourth-order valence-electron chi connectivity index (χ4n) is 4.15. The van der Waals surface area contributed by atoms with Crippen LogP contribution in [-0.4, -0.2) is 47.2 Å². The van der Waals surface area contributed by atoms with Gasteiger partial charge in [0.2, 0.25) is 0 Å². The number of benzene rings is 1. The molecular formula is C23H26F3N5O2. The molecule has 3 N–H and O–H groups in total. The van der Waals surface area contributed by atoms with Crippen molar-refractivity contribution in [3.8, 4) is 0 Å². The lowest BCUT2D eigenvalue weighted by Crippen LogP contribution is -2.38. The van der Waals surface area contributed by atoms with E-state index in [0.717, 1.165) is 31.4 Å². The lowest BCUT2D eigenvalue weighted by Gasteiger charge is -2.28. The van der Waals surface area contributed by atoms with E-state index < -0.39 is 11.7 Å². The Balaban J connectivity index is 1.39. The molecule has 1 saturated carbocycles. The van der Waals surface area contributed by atoms with Crippen LogP contribution < -0.4 is 10.6 Å². The fraction of sp³-hybridized carbons (Fsp3) is 0.435. The Kier molecular flexibility index (Phi) is 6.83. The number of aromatic nitrogens is 3. The van der Waals surface area contributed by atoms with Crippen LogP contribution in [0.1, 0.15) is 53.3 Å². The van der Waals surface area contributed by atoms with Crippen molar-refractivity contribution >= 4 is 22.8 Å². The number of anilines is 1. The van der Waals surface area contributed by atoms with Crippen molar-refractivity contribution in [1.82, 2.24) is 20.3 Å². The van der Waals surface area contributed by atoms with Gasteiger partial charge >= 0.3 is 6.18 Å². The van der Waals surface area contributed by atoms with Gasteiger partial charge in [-0.3, -0.25) is 4.79 Å². The van der Waals surface area contributed by atoms with Gasteiger partial charge in [-0.2, -0.15) is 13.2 Å². The summed E-state index contributed by atoms with van der Waals surface area (Å²) in [6.07, 6.45) is 0.387. The maximum absolute atomic E-state index is 13.0. The summed E-state index contributed by atoms with van der Waals surface area (Å²) < 4.78 is 44.0. The smallest absolute Gasteiger partial charge is 0.383 e. The predicted molar refractivity (Wildman–Crippen MR) is 118 cm³/mol. The first kappa shape index (κ1) is 23.0. The van der Waals surface area contributed by atoms with Gasteiger partial charge in [-0.15, -0.1) is 0 Å². The van der Waals surface area contributed by atoms with Gasteiger partial charge in [0.25, 0.3) is 5.91 Å². The fourth-order valence-corrected chi connectivity index (χ4v) is 4.15. The summed E-state index contributed by atoms with van der Waals surface area (Å²) in [5.41, 5.74) is 0.638. The molecule has 7 nitrogen and oxygen atoms in total. The molecule has 4 rings (SSSR count). The lowest BCUT2D eigenvalue weighted by molar-refractivity contribution is -0.137. The largest absolute Gasteiger partial charge is 0.416 e. The number of hydrogen-bond acceptors (Lipinski definition) is 5. The molecule has 10 heteroatoms. The summed E-state index contributed by atoms with van der Waals surface area (Å²) in [6, 6.07) is 6.96. The van der Waals surface area contributed by atoms with Gasteiger partial charge in [0, 0.05) is 31.8 Å². The number of pyridine rings is 1. The number of nitrogens with one attached hydrogen (secondary N) is 3. The van der Waals surface area contributed by atoms with Crippen LogP contribution in [0, 0.1) is 0 Å². The number of alkyl halides is 3. The monoisotopic (exact) mass is 461 g/mol. The highest BCUT2D eigenvalue weighted by Gasteiger charge is 2.31. The zero-order valence-electron chi connectivity index (χ0n) is 18.2. The third-order valence-electron chi connectivity index (χ3n) is 5.86. The highest BCUT2D eigenvalue weighted by molar-refractivity contribution is 5.94. The van der Waals surface area contributed by atoms with Crippen molar-refractivity contribution < 1.29 is 22.7 Å². The molecule has 2 heterocycles. The number of carbonyl (C=O) groups excluding carboxylic acids is 1. The Bertz CT molecular complexity index is 1100. The minimum atomic E-state index is -4.40. The van der Waals surface area contributed by atoms with Gasteiger partial charge in [-0.25, -0.2) is 9.97 Å². The second kappa shape index (κ2) is 9.78. The lowest BCUT2D eigenvalue weighted by atomic mass is 9.85. The molecule has 0 radical (unpaired) electrons. The minimum Gasteiger partial charge on any atom is -0.383 e. The summed E-state index contributed by atoms with van der Waals surface area (Å²) >= 11 is 0. The molecule has 0 unspecified atom stereocenters. The van der Waals surface area contributed by atoms with Gasteiger partial charge in [0.05, 0.1) is 28.8 Å². The normalized spacial score (nSPS) is 18.9. The molecule has 0 aliphatic heterocycles. The summed E-state index contributed by atoms with van der Waals surface area (Å²) in [4.78, 5) is 24.5. The number of fused-ring (bicyclic) bond motifs is 1. The van der Waals surface area contributed by atoms with E-state index in [1.807, 2.05) is 0 Å². The number of carbonyl (C=O) groups is 1. The van der Waals surface area contributed by atoms with E-state index in [1.54, 1.807) is 19.2 Å². The number of hydrogen-bond donors (Lipinski definition) is 3. The number of imidazole rings is 1. The molecule has 3 aromatic rings. The number of H-pyrrole nitrogens is 1. The highest BCUT2D eigenvalue weighted by atomic mass is 19.4. The van der Waals surface area contributed by atoms with Gasteiger partial charge in [-0.05, 0) is 49.6 Å². The zero-order chi connectivity index (χ0) is 23.4. The number of aromatic amines is 1. The number of amides is 1. The third-order valence-corrected chi connectivity index (χ3v) is 5.86. The number of halogens is 3. The molecule has 1 aliphatic carbocycles. The van der Waals surface area contributed by atoms with Gasteiger partial charge in [0.15, 0.2) is 0 Å². The average Bonchev–Trinajstić information content (AvgIpc) is 3.23. The Morgan fingerprint density at radius 1 is 1.24 bits per heavy atom. The molecular weight excluding hydrogens is 435 g/mol. The van der Waals surface area contributed by atoms with Crippen molar-refractivity contribution in [1.29, 1.82) is 0 Å². The summed E-state index contributed by atoms with van der Waals surface area (Å²) in [6.45, 7) is 1.18. The number of nitrogens with zero attached hydrogens (tertiary/aromatic N) is 2. The summed E-state index contributed by atoms with van der Waals surface area (Å²) in [7, 11) is 1.62. The Morgan fingerprint density at radius 2 is 2.09 bits per heavy atom. The number of methoxy groups -OCH3 is 1. The highest BCUT2D eigenvalue weighted by Crippen LogP contribution is 2.34. The van der Waals surface area contributed by atoms with Crippen molar-refractivity contribution in [2.24, 2.45) is 0 Å². The topological polar surface area (TPSA) is 91.9 Å². The third kappa shape index (κ3) is 5.62. The second-order valence-electron chi connectivity index (χ2n) is 8.24. The SMILES string of the molecule is COCCNc1ccc(C(=O)N[C@@H]2CCC[C@H](c3nc4cc(C(F)(F)F)ccc4[nH]3)C2)cn1. The van der Waals surface area contributed by atoms with Crippen LogP contribution in [-0.2, 0) is 10.9 Å². The Hall–Kier alpha value is -3.14. The van der Waals surface area contributed by atoms with E-state index in [-0.39, 0.29) is 17.9 Å². The van der Waals surface area contributed by atoms with Crippen LogP contribution in [0.3, 0.4) is 0 Å². The van der Waals surface area contributed by atoms with E-state index in [9.17, 15) is 18.0 Å². The molecule has 1 fully saturated rings. The molecule has 0 bridgehead atoms. The average molecular weight is 461 g/mol. The molecule has 0 saturated heterocycles. The Morgan fingerprint density at radius 3 is 2.82 bits per heavy atom. The van der Waals surface area contributed by atoms with Crippen LogP contribution in [0.25, 0.3) is 11.0 Å². The van der Waals surface area contributed by atoms with E-state index in [4.69, 9.17) is 4.74 Å². The quantitative estimate of drug-likeness (QED) is 0.451. The number of rotatable bonds is 7. The number of ether oxygens (including phenoxy) is 1. The van der Waals surface area contributed by atoms with Crippen molar-refractivity contribution in [2.45, 2.75) is 43.8 Å². The van der Waals surface area contributed by atoms with Crippen molar-refractivity contribution in [3.63, 3.8) is 0 Å². The molecule has 33 heavy (non-hydrogen) atoms.